The number of pyridine rings is 1. The van der Waals surface area contributed by atoms with Gasteiger partial charge in [0, 0.05) is 38.0 Å². The van der Waals surface area contributed by atoms with Crippen molar-refractivity contribution in [1.82, 2.24) is 19.2 Å². The van der Waals surface area contributed by atoms with Crippen LogP contribution < -0.4 is 10.5 Å². The molecule has 7 nitrogen and oxygen atoms in total. The molecule has 28 heavy (non-hydrogen) atoms. The first-order chi connectivity index (χ1) is 13.5. The van der Waals surface area contributed by atoms with Gasteiger partial charge < -0.3 is 9.30 Å². The number of fused-ring (bicyclic) bond motifs is 1. The Balaban J connectivity index is 1.47. The summed E-state index contributed by atoms with van der Waals surface area (Å²) < 4.78 is 3.21. The lowest BCUT2D eigenvalue weighted by Gasteiger charge is -2.31. The third-order valence-corrected chi connectivity index (χ3v) is 5.33. The third-order valence-electron chi connectivity index (χ3n) is 5.33. The molecule has 0 amide bonds. The Hall–Kier alpha value is -2.96. The van der Waals surface area contributed by atoms with Crippen LogP contribution in [0.15, 0.2) is 41.5 Å². The molecule has 0 spiro atoms. The van der Waals surface area contributed by atoms with E-state index in [1.54, 1.807) is 6.07 Å². The molecule has 4 heterocycles. The normalized spacial score (nSPS) is 15.3. The topological polar surface area (TPSA) is 72.5 Å². The zero-order valence-electron chi connectivity index (χ0n) is 16.3. The second kappa shape index (κ2) is 7.58. The number of hydrogen-bond donors (Lipinski definition) is 0. The van der Waals surface area contributed by atoms with Crippen LogP contribution in [-0.2, 0) is 17.8 Å². The standard InChI is InChI=1S/C21H25N5O2/c1-15-5-8-24(9-6-15)19-3-4-21(28)26(23-19)14-18(27)11-17-7-10-25-13-16(2)22-20(25)12-17/h3-4,7,10,12-13,15H,5-6,8-9,11,14H2,1-2H3. The Morgan fingerprint density at radius 3 is 2.79 bits per heavy atom. The first kappa shape index (κ1) is 18.4. The maximum absolute atomic E-state index is 12.6. The number of aromatic nitrogens is 4. The summed E-state index contributed by atoms with van der Waals surface area (Å²) in [7, 11) is 0. The predicted octanol–water partition coefficient (Wildman–Crippen LogP) is 2.25. The van der Waals surface area contributed by atoms with Gasteiger partial charge in [-0.05, 0) is 49.4 Å². The van der Waals surface area contributed by atoms with Crippen LogP contribution in [0.5, 0.6) is 0 Å². The third kappa shape index (κ3) is 3.98. The van der Waals surface area contributed by atoms with Gasteiger partial charge in [0.15, 0.2) is 5.78 Å². The smallest absolute Gasteiger partial charge is 0.267 e. The van der Waals surface area contributed by atoms with Crippen molar-refractivity contribution in [2.75, 3.05) is 18.0 Å². The van der Waals surface area contributed by atoms with Gasteiger partial charge in [-0.1, -0.05) is 6.92 Å². The second-order valence-corrected chi connectivity index (χ2v) is 7.76. The Bertz CT molecular complexity index is 1060. The highest BCUT2D eigenvalue weighted by Crippen LogP contribution is 2.20. The molecule has 0 atom stereocenters. The Morgan fingerprint density at radius 1 is 1.21 bits per heavy atom. The van der Waals surface area contributed by atoms with Gasteiger partial charge in [-0.2, -0.15) is 5.10 Å². The molecule has 0 bridgehead atoms. The molecular formula is C21H25N5O2. The van der Waals surface area contributed by atoms with Gasteiger partial charge in [-0.3, -0.25) is 9.59 Å². The van der Waals surface area contributed by atoms with Crippen LogP contribution in [0, 0.1) is 12.8 Å². The first-order valence-electron chi connectivity index (χ1n) is 9.77. The highest BCUT2D eigenvalue weighted by molar-refractivity contribution is 5.80. The fourth-order valence-electron chi connectivity index (χ4n) is 3.67. The molecule has 1 saturated heterocycles. The average molecular weight is 379 g/mol. The number of imidazole rings is 1. The van der Waals surface area contributed by atoms with Gasteiger partial charge in [0.1, 0.15) is 18.0 Å². The van der Waals surface area contributed by atoms with Gasteiger partial charge in [0.2, 0.25) is 0 Å². The summed E-state index contributed by atoms with van der Waals surface area (Å²) in [6, 6.07) is 7.08. The minimum atomic E-state index is -0.248. The molecule has 3 aromatic rings. The van der Waals surface area contributed by atoms with Gasteiger partial charge in [-0.25, -0.2) is 9.67 Å². The number of carbonyl (C=O) groups excluding carboxylic acids is 1. The lowest BCUT2D eigenvalue weighted by atomic mass is 9.99. The van der Waals surface area contributed by atoms with Crippen molar-refractivity contribution in [2.24, 2.45) is 5.92 Å². The van der Waals surface area contributed by atoms with Gasteiger partial charge in [0.05, 0.1) is 5.69 Å². The van der Waals surface area contributed by atoms with E-state index in [-0.39, 0.29) is 24.3 Å². The molecule has 0 saturated carbocycles. The molecule has 0 aliphatic carbocycles. The molecule has 1 aliphatic rings. The van der Waals surface area contributed by atoms with Crippen LogP contribution in [0.2, 0.25) is 0 Å². The summed E-state index contributed by atoms with van der Waals surface area (Å²) in [6.45, 7) is 6.04. The SMILES string of the molecule is Cc1cn2ccc(CC(=O)Cn3nc(N4CCC(C)CC4)ccc3=O)cc2n1. The largest absolute Gasteiger partial charge is 0.355 e. The Morgan fingerprint density at radius 2 is 2.00 bits per heavy atom. The van der Waals surface area contributed by atoms with Crippen molar-refractivity contribution in [2.45, 2.75) is 39.7 Å². The lowest BCUT2D eigenvalue weighted by Crippen LogP contribution is -2.36. The maximum Gasteiger partial charge on any atom is 0.267 e. The number of rotatable bonds is 5. The molecule has 4 rings (SSSR count). The molecule has 146 valence electrons. The van der Waals surface area contributed by atoms with E-state index in [4.69, 9.17) is 0 Å². The Labute approximate surface area is 163 Å². The minimum Gasteiger partial charge on any atom is -0.355 e. The van der Waals surface area contributed by atoms with E-state index in [1.165, 1.54) is 10.7 Å². The molecular weight excluding hydrogens is 354 g/mol. The predicted molar refractivity (Wildman–Crippen MR) is 108 cm³/mol. The summed E-state index contributed by atoms with van der Waals surface area (Å²) in [5, 5.41) is 4.45. The molecule has 0 radical (unpaired) electrons. The van der Waals surface area contributed by atoms with E-state index in [2.05, 4.69) is 21.9 Å². The van der Waals surface area contributed by atoms with Crippen molar-refractivity contribution in [1.29, 1.82) is 0 Å². The van der Waals surface area contributed by atoms with E-state index in [0.29, 0.717) is 0 Å². The highest BCUT2D eigenvalue weighted by atomic mass is 16.1. The van der Waals surface area contributed by atoms with E-state index in [9.17, 15) is 9.59 Å². The summed E-state index contributed by atoms with van der Waals surface area (Å²) in [4.78, 5) is 31.4. The van der Waals surface area contributed by atoms with Crippen LogP contribution in [0.1, 0.15) is 31.0 Å². The van der Waals surface area contributed by atoms with Crippen molar-refractivity contribution < 1.29 is 4.79 Å². The second-order valence-electron chi connectivity index (χ2n) is 7.76. The number of ketones is 1. The molecule has 1 aliphatic heterocycles. The molecule has 3 aromatic heterocycles. The fourth-order valence-corrected chi connectivity index (χ4v) is 3.67. The van der Waals surface area contributed by atoms with Crippen LogP contribution in [0.25, 0.3) is 5.65 Å². The number of hydrogen-bond acceptors (Lipinski definition) is 5. The van der Waals surface area contributed by atoms with Crippen molar-refractivity contribution >= 4 is 17.2 Å². The molecule has 7 heteroatoms. The number of carbonyl (C=O) groups is 1. The number of piperidine rings is 1. The number of Topliss-reactive ketones (excluding diaryl/α,β-unsaturated/α-hetero) is 1. The quantitative estimate of drug-likeness (QED) is 0.680. The zero-order valence-corrected chi connectivity index (χ0v) is 16.3. The monoisotopic (exact) mass is 379 g/mol. The van der Waals surface area contributed by atoms with Crippen LogP contribution in [-0.4, -0.2) is 38.0 Å². The van der Waals surface area contributed by atoms with E-state index in [1.807, 2.05) is 35.9 Å². The summed E-state index contributed by atoms with van der Waals surface area (Å²) in [5.41, 5.74) is 2.39. The van der Waals surface area contributed by atoms with Crippen molar-refractivity contribution in [3.8, 4) is 0 Å². The number of aryl methyl sites for hydroxylation is 1. The summed E-state index contributed by atoms with van der Waals surface area (Å²) in [6.07, 6.45) is 6.34. The number of nitrogens with zero attached hydrogens (tertiary/aromatic N) is 5. The van der Waals surface area contributed by atoms with Gasteiger partial charge in [0.25, 0.3) is 5.56 Å². The average Bonchev–Trinajstić information content (AvgIpc) is 3.03. The zero-order chi connectivity index (χ0) is 19.7. The van der Waals surface area contributed by atoms with E-state index < -0.39 is 0 Å². The number of anilines is 1. The molecule has 0 aromatic carbocycles. The van der Waals surface area contributed by atoms with Crippen LogP contribution in [0.4, 0.5) is 5.82 Å². The van der Waals surface area contributed by atoms with Gasteiger partial charge in [-0.15, -0.1) is 0 Å². The first-order valence-corrected chi connectivity index (χ1v) is 9.77. The minimum absolute atomic E-state index is 0.0183. The summed E-state index contributed by atoms with van der Waals surface area (Å²) in [5.74, 6) is 1.44. The highest BCUT2D eigenvalue weighted by Gasteiger charge is 2.18. The summed E-state index contributed by atoms with van der Waals surface area (Å²) >= 11 is 0. The maximum atomic E-state index is 12.6. The molecule has 0 N–H and O–H groups in total. The van der Waals surface area contributed by atoms with Crippen LogP contribution in [0.3, 0.4) is 0 Å². The Kier molecular flexibility index (Phi) is 4.98. The van der Waals surface area contributed by atoms with Crippen molar-refractivity contribution in [3.63, 3.8) is 0 Å². The lowest BCUT2D eigenvalue weighted by molar-refractivity contribution is -0.119. The van der Waals surface area contributed by atoms with E-state index >= 15 is 0 Å². The molecule has 1 fully saturated rings. The van der Waals surface area contributed by atoms with E-state index in [0.717, 1.165) is 54.6 Å². The van der Waals surface area contributed by atoms with Crippen LogP contribution >= 0.6 is 0 Å². The fraction of sp³-hybridized carbons (Fsp3) is 0.429. The van der Waals surface area contributed by atoms with Gasteiger partial charge >= 0.3 is 0 Å². The molecule has 0 unspecified atom stereocenters. The van der Waals surface area contributed by atoms with Crippen molar-refractivity contribution in [3.05, 3.63) is 58.3 Å².